The predicted octanol–water partition coefficient (Wildman–Crippen LogP) is 4.44. The van der Waals surface area contributed by atoms with Gasteiger partial charge >= 0.3 is 0 Å². The molecule has 35 heavy (non-hydrogen) atoms. The van der Waals surface area contributed by atoms with Crippen LogP contribution in [0.4, 0.5) is 0 Å². The molecule has 1 aliphatic heterocycles. The highest BCUT2D eigenvalue weighted by atomic mass is 35.5. The van der Waals surface area contributed by atoms with Crippen molar-refractivity contribution in [1.29, 1.82) is 5.26 Å². The highest BCUT2D eigenvalue weighted by Gasteiger charge is 2.23. The summed E-state index contributed by atoms with van der Waals surface area (Å²) in [5.41, 5.74) is 1.51. The summed E-state index contributed by atoms with van der Waals surface area (Å²) in [5, 5.41) is 12.4. The fourth-order valence-electron chi connectivity index (χ4n) is 4.02. The molecule has 1 N–H and O–H groups in total. The van der Waals surface area contributed by atoms with Gasteiger partial charge in [-0.25, -0.2) is 0 Å². The number of benzene rings is 2. The first-order valence-corrected chi connectivity index (χ1v) is 12.1. The van der Waals surface area contributed by atoms with Gasteiger partial charge in [-0.15, -0.1) is 0 Å². The maximum atomic E-state index is 12.9. The zero-order chi connectivity index (χ0) is 25.2. The van der Waals surface area contributed by atoms with Crippen molar-refractivity contribution in [3.63, 3.8) is 0 Å². The van der Waals surface area contributed by atoms with Gasteiger partial charge < -0.3 is 24.3 Å². The number of hydrogen-bond donors (Lipinski definition) is 1. The van der Waals surface area contributed by atoms with E-state index >= 15 is 0 Å². The summed E-state index contributed by atoms with van der Waals surface area (Å²) in [6, 6.07) is 10.9. The average Bonchev–Trinajstić information content (AvgIpc) is 2.86. The van der Waals surface area contributed by atoms with Crippen molar-refractivity contribution in [2.45, 2.75) is 39.3 Å². The Morgan fingerprint density at radius 3 is 2.26 bits per heavy atom. The minimum Gasteiger partial charge on any atom is -0.497 e. The standard InChI is InChI=1S/C26H32ClN3O5/c1-4-33-23-12-18(13-24(25(23)27)34-5-2)17-30-9-6-20(7-10-30)29-26(31)19-14-21(32-3)16-22(15-19)35-11-8-28/h12-16,20H,4-7,9-11,17H2,1-3H3,(H,29,31). The molecule has 0 spiro atoms. The lowest BCUT2D eigenvalue weighted by molar-refractivity contribution is 0.0908. The van der Waals surface area contributed by atoms with Gasteiger partial charge in [0.05, 0.1) is 20.3 Å². The smallest absolute Gasteiger partial charge is 0.251 e. The normalized spacial score (nSPS) is 14.1. The molecule has 0 aliphatic carbocycles. The zero-order valence-corrected chi connectivity index (χ0v) is 21.2. The maximum Gasteiger partial charge on any atom is 0.251 e. The number of carbonyl (C=O) groups is 1. The Labute approximate surface area is 211 Å². The molecule has 0 unspecified atom stereocenters. The summed E-state index contributed by atoms with van der Waals surface area (Å²) in [6.45, 7) is 7.23. The number of likely N-dealkylation sites (tertiary alicyclic amines) is 1. The summed E-state index contributed by atoms with van der Waals surface area (Å²) in [7, 11) is 1.52. The highest BCUT2D eigenvalue weighted by molar-refractivity contribution is 6.33. The highest BCUT2D eigenvalue weighted by Crippen LogP contribution is 2.36. The number of amides is 1. The number of hydrogen-bond acceptors (Lipinski definition) is 7. The molecule has 3 rings (SSSR count). The van der Waals surface area contributed by atoms with Crippen molar-refractivity contribution in [3.05, 3.63) is 46.5 Å². The number of rotatable bonds is 11. The van der Waals surface area contributed by atoms with Crippen LogP contribution in [-0.2, 0) is 6.54 Å². The van der Waals surface area contributed by atoms with Crippen LogP contribution in [0.5, 0.6) is 23.0 Å². The quantitative estimate of drug-likeness (QED) is 0.486. The Bertz CT molecular complexity index is 1020. The third-order valence-corrected chi connectivity index (χ3v) is 6.05. The monoisotopic (exact) mass is 501 g/mol. The number of piperidine rings is 1. The van der Waals surface area contributed by atoms with Crippen LogP contribution in [0.1, 0.15) is 42.6 Å². The van der Waals surface area contributed by atoms with Crippen molar-refractivity contribution in [2.75, 3.05) is 40.0 Å². The molecule has 1 aliphatic rings. The molecule has 188 valence electrons. The molecular weight excluding hydrogens is 470 g/mol. The molecule has 1 saturated heterocycles. The Morgan fingerprint density at radius 2 is 1.69 bits per heavy atom. The minimum absolute atomic E-state index is 0.0663. The first kappa shape index (κ1) is 26.5. The van der Waals surface area contributed by atoms with Gasteiger partial charge in [-0.05, 0) is 56.5 Å². The number of ether oxygens (including phenoxy) is 4. The first-order chi connectivity index (χ1) is 17.0. The molecule has 0 bridgehead atoms. The number of carbonyl (C=O) groups excluding carboxylic acids is 1. The molecule has 0 radical (unpaired) electrons. The van der Waals surface area contributed by atoms with Crippen LogP contribution in [0.25, 0.3) is 0 Å². The van der Waals surface area contributed by atoms with Gasteiger partial charge in [0.25, 0.3) is 5.91 Å². The molecule has 2 aromatic rings. The Balaban J connectivity index is 1.59. The van der Waals surface area contributed by atoms with Crippen LogP contribution in [-0.4, -0.2) is 56.9 Å². The van der Waals surface area contributed by atoms with Crippen LogP contribution >= 0.6 is 11.6 Å². The maximum absolute atomic E-state index is 12.9. The molecular formula is C26H32ClN3O5. The molecule has 0 aromatic heterocycles. The molecule has 2 aromatic carbocycles. The van der Waals surface area contributed by atoms with Crippen LogP contribution in [0.2, 0.25) is 5.02 Å². The number of nitriles is 1. The predicted molar refractivity (Wildman–Crippen MR) is 134 cm³/mol. The summed E-state index contributed by atoms with van der Waals surface area (Å²) >= 11 is 6.42. The van der Waals surface area contributed by atoms with Gasteiger partial charge in [-0.3, -0.25) is 9.69 Å². The third-order valence-electron chi connectivity index (χ3n) is 5.68. The van der Waals surface area contributed by atoms with E-state index in [1.807, 2.05) is 32.0 Å². The molecule has 9 heteroatoms. The number of halogens is 1. The minimum atomic E-state index is -0.190. The zero-order valence-electron chi connectivity index (χ0n) is 20.4. The van der Waals surface area contributed by atoms with E-state index in [2.05, 4.69) is 10.2 Å². The average molecular weight is 502 g/mol. The van der Waals surface area contributed by atoms with Gasteiger partial charge in [-0.2, -0.15) is 5.26 Å². The molecule has 0 saturated carbocycles. The van der Waals surface area contributed by atoms with E-state index in [0.29, 0.717) is 46.8 Å². The summed E-state index contributed by atoms with van der Waals surface area (Å²) in [5.74, 6) is 2.00. The van der Waals surface area contributed by atoms with Crippen molar-refractivity contribution >= 4 is 17.5 Å². The van der Waals surface area contributed by atoms with Crippen molar-refractivity contribution in [2.24, 2.45) is 0 Å². The Morgan fingerprint density at radius 1 is 1.06 bits per heavy atom. The van der Waals surface area contributed by atoms with E-state index in [-0.39, 0.29) is 18.6 Å². The van der Waals surface area contributed by atoms with E-state index in [1.165, 1.54) is 7.11 Å². The van der Waals surface area contributed by atoms with E-state index < -0.39 is 0 Å². The Hall–Kier alpha value is -3.15. The van der Waals surface area contributed by atoms with E-state index in [0.717, 1.165) is 38.0 Å². The van der Waals surface area contributed by atoms with E-state index in [1.54, 1.807) is 18.2 Å². The third kappa shape index (κ3) is 7.41. The second-order valence-corrected chi connectivity index (χ2v) is 8.52. The lowest BCUT2D eigenvalue weighted by atomic mass is 10.0. The van der Waals surface area contributed by atoms with E-state index in [4.69, 9.17) is 35.8 Å². The Kier molecular flexibility index (Phi) is 9.88. The first-order valence-electron chi connectivity index (χ1n) is 11.8. The topological polar surface area (TPSA) is 93.0 Å². The number of nitrogens with zero attached hydrogens (tertiary/aromatic N) is 2. The fourth-order valence-corrected chi connectivity index (χ4v) is 4.24. The molecule has 8 nitrogen and oxygen atoms in total. The molecule has 1 fully saturated rings. The second-order valence-electron chi connectivity index (χ2n) is 8.14. The van der Waals surface area contributed by atoms with Crippen LogP contribution < -0.4 is 24.3 Å². The summed E-state index contributed by atoms with van der Waals surface area (Å²) < 4.78 is 22.0. The molecule has 1 heterocycles. The van der Waals surface area contributed by atoms with Gasteiger partial charge in [0.2, 0.25) is 0 Å². The molecule has 1 amide bonds. The van der Waals surface area contributed by atoms with Crippen molar-refractivity contribution in [3.8, 4) is 29.1 Å². The SMILES string of the molecule is CCOc1cc(CN2CCC(NC(=O)c3cc(OC)cc(OCC#N)c3)CC2)cc(OCC)c1Cl. The summed E-state index contributed by atoms with van der Waals surface area (Å²) in [6.07, 6.45) is 1.66. The van der Waals surface area contributed by atoms with Crippen LogP contribution in [0.3, 0.4) is 0 Å². The number of nitrogens with one attached hydrogen (secondary N) is 1. The molecule has 0 atom stereocenters. The van der Waals surface area contributed by atoms with Gasteiger partial charge in [0.15, 0.2) is 6.61 Å². The van der Waals surface area contributed by atoms with Gasteiger partial charge in [0.1, 0.15) is 34.1 Å². The van der Waals surface area contributed by atoms with E-state index in [9.17, 15) is 4.79 Å². The second kappa shape index (κ2) is 13.1. The van der Waals surface area contributed by atoms with Crippen molar-refractivity contribution < 1.29 is 23.7 Å². The fraction of sp³-hybridized carbons (Fsp3) is 0.462. The summed E-state index contributed by atoms with van der Waals surface area (Å²) in [4.78, 5) is 15.2. The van der Waals surface area contributed by atoms with Gasteiger partial charge in [-0.1, -0.05) is 11.6 Å². The number of methoxy groups -OCH3 is 1. The van der Waals surface area contributed by atoms with Crippen LogP contribution in [0, 0.1) is 11.3 Å². The lowest BCUT2D eigenvalue weighted by Crippen LogP contribution is -2.44. The largest absolute Gasteiger partial charge is 0.497 e. The van der Waals surface area contributed by atoms with Crippen molar-refractivity contribution in [1.82, 2.24) is 10.2 Å². The van der Waals surface area contributed by atoms with Crippen LogP contribution in [0.15, 0.2) is 30.3 Å². The van der Waals surface area contributed by atoms with Gasteiger partial charge in [0, 0.05) is 37.3 Å². The lowest BCUT2D eigenvalue weighted by Gasteiger charge is -2.32.